The predicted molar refractivity (Wildman–Crippen MR) is 47.0 cm³/mol. The van der Waals surface area contributed by atoms with E-state index in [0.717, 1.165) is 16.6 Å². The minimum atomic E-state index is -0.00892. The van der Waals surface area contributed by atoms with E-state index in [1.54, 1.807) is 12.3 Å². The van der Waals surface area contributed by atoms with Crippen LogP contribution < -0.4 is 0 Å². The Morgan fingerprint density at radius 1 is 1.58 bits per heavy atom. The first-order valence-corrected chi connectivity index (χ1v) is 3.92. The molecule has 2 aromatic rings. The molecule has 2 aromatic heterocycles. The number of nitrogens with one attached hydrogen (secondary N) is 1. The van der Waals surface area contributed by atoms with Gasteiger partial charge in [-0.3, -0.25) is 0 Å². The van der Waals surface area contributed by atoms with Gasteiger partial charge in [-0.25, -0.2) is 4.98 Å². The Hall–Kier alpha value is -1.06. The maximum Gasteiger partial charge on any atom is 0.138 e. The number of aliphatic hydroxyl groups excluding tert-OH is 1. The molecule has 0 aliphatic rings. The molecule has 0 saturated carbocycles. The van der Waals surface area contributed by atoms with Gasteiger partial charge in [0.1, 0.15) is 5.15 Å². The maximum absolute atomic E-state index is 8.83. The summed E-state index contributed by atoms with van der Waals surface area (Å²) in [4.78, 5) is 6.93. The van der Waals surface area contributed by atoms with E-state index in [2.05, 4.69) is 9.97 Å². The van der Waals surface area contributed by atoms with Gasteiger partial charge in [-0.1, -0.05) is 11.6 Å². The largest absolute Gasteiger partial charge is 0.390 e. The first kappa shape index (κ1) is 7.58. The Kier molecular flexibility index (Phi) is 1.75. The summed E-state index contributed by atoms with van der Waals surface area (Å²) in [6, 6.07) is 3.62. The van der Waals surface area contributed by atoms with Crippen LogP contribution in [0.2, 0.25) is 5.15 Å². The van der Waals surface area contributed by atoms with Gasteiger partial charge in [0.05, 0.1) is 12.1 Å². The fourth-order valence-electron chi connectivity index (χ4n) is 1.16. The normalized spacial score (nSPS) is 10.8. The van der Waals surface area contributed by atoms with E-state index >= 15 is 0 Å². The Morgan fingerprint density at radius 3 is 3.08 bits per heavy atom. The van der Waals surface area contributed by atoms with Crippen molar-refractivity contribution in [1.82, 2.24) is 9.97 Å². The lowest BCUT2D eigenvalue weighted by molar-refractivity contribution is 0.278. The lowest BCUT2D eigenvalue weighted by Crippen LogP contribution is -1.78. The van der Waals surface area contributed by atoms with Gasteiger partial charge >= 0.3 is 0 Å². The zero-order valence-electron chi connectivity index (χ0n) is 6.21. The predicted octanol–water partition coefficient (Wildman–Crippen LogP) is 1.71. The second-order valence-electron chi connectivity index (χ2n) is 2.52. The molecule has 4 heteroatoms. The fraction of sp³-hybridized carbons (Fsp3) is 0.125. The minimum absolute atomic E-state index is 0.00892. The van der Waals surface area contributed by atoms with Gasteiger partial charge < -0.3 is 10.1 Å². The molecule has 62 valence electrons. The Labute approximate surface area is 74.0 Å². The Bertz CT molecular complexity index is 410. The third kappa shape index (κ3) is 1.07. The molecule has 0 amide bonds. The molecule has 0 atom stereocenters. The van der Waals surface area contributed by atoms with Crippen molar-refractivity contribution in [2.45, 2.75) is 6.61 Å². The number of rotatable bonds is 1. The third-order valence-electron chi connectivity index (χ3n) is 1.73. The van der Waals surface area contributed by atoms with Gasteiger partial charge in [0.2, 0.25) is 0 Å². The number of hydrogen-bond donors (Lipinski definition) is 2. The molecule has 0 spiro atoms. The van der Waals surface area contributed by atoms with E-state index in [4.69, 9.17) is 16.7 Å². The summed E-state index contributed by atoms with van der Waals surface area (Å²) in [6.07, 6.45) is 1.63. The lowest BCUT2D eigenvalue weighted by atomic mass is 10.3. The number of fused-ring (bicyclic) bond motifs is 1. The fourth-order valence-corrected chi connectivity index (χ4v) is 1.38. The summed E-state index contributed by atoms with van der Waals surface area (Å²) in [6.45, 7) is -0.00892. The highest BCUT2D eigenvalue weighted by atomic mass is 35.5. The number of aromatic nitrogens is 2. The zero-order valence-corrected chi connectivity index (χ0v) is 6.97. The highest BCUT2D eigenvalue weighted by Crippen LogP contribution is 2.21. The molecule has 0 fully saturated rings. The molecule has 2 heterocycles. The summed E-state index contributed by atoms with van der Waals surface area (Å²) < 4.78 is 0. The summed E-state index contributed by atoms with van der Waals surface area (Å²) in [5.41, 5.74) is 1.65. The van der Waals surface area contributed by atoms with E-state index in [1.807, 2.05) is 6.07 Å². The van der Waals surface area contributed by atoms with Crippen LogP contribution in [0.5, 0.6) is 0 Å². The van der Waals surface area contributed by atoms with Crippen molar-refractivity contribution in [2.75, 3.05) is 0 Å². The number of pyridine rings is 1. The molecule has 0 aliphatic carbocycles. The number of aliphatic hydroxyl groups is 1. The van der Waals surface area contributed by atoms with Crippen LogP contribution in [0.25, 0.3) is 10.9 Å². The Balaban J connectivity index is 2.74. The van der Waals surface area contributed by atoms with E-state index < -0.39 is 0 Å². The van der Waals surface area contributed by atoms with Crippen LogP contribution in [0.3, 0.4) is 0 Å². The number of hydrogen-bond acceptors (Lipinski definition) is 2. The standard InChI is InChI=1S/C8H7ClN2O/c9-8-6-3-5(4-12)11-7(6)1-2-10-8/h1-3,11-12H,4H2. The minimum Gasteiger partial charge on any atom is -0.390 e. The molecule has 2 N–H and O–H groups in total. The third-order valence-corrected chi connectivity index (χ3v) is 2.03. The molecular formula is C8H7ClN2O. The summed E-state index contributed by atoms with van der Waals surface area (Å²) >= 11 is 5.81. The molecule has 2 rings (SSSR count). The monoisotopic (exact) mass is 182 g/mol. The van der Waals surface area contributed by atoms with Crippen molar-refractivity contribution >= 4 is 22.5 Å². The van der Waals surface area contributed by atoms with Crippen LogP contribution in [-0.4, -0.2) is 15.1 Å². The first-order valence-electron chi connectivity index (χ1n) is 3.54. The number of H-pyrrole nitrogens is 1. The SMILES string of the molecule is OCc1cc2c(Cl)nccc2[nH]1. The molecule has 0 aliphatic heterocycles. The first-order chi connectivity index (χ1) is 5.81. The zero-order chi connectivity index (χ0) is 8.55. The van der Waals surface area contributed by atoms with Gasteiger partial charge in [-0.15, -0.1) is 0 Å². The number of nitrogens with zero attached hydrogens (tertiary/aromatic N) is 1. The van der Waals surface area contributed by atoms with E-state index in [-0.39, 0.29) is 6.61 Å². The highest BCUT2D eigenvalue weighted by molar-refractivity contribution is 6.34. The van der Waals surface area contributed by atoms with Crippen LogP contribution in [0.4, 0.5) is 0 Å². The van der Waals surface area contributed by atoms with Crippen LogP contribution in [-0.2, 0) is 6.61 Å². The molecular weight excluding hydrogens is 176 g/mol. The quantitative estimate of drug-likeness (QED) is 0.660. The number of halogens is 1. The number of aromatic amines is 1. The van der Waals surface area contributed by atoms with Crippen molar-refractivity contribution in [3.8, 4) is 0 Å². The average Bonchev–Trinajstić information content (AvgIpc) is 2.49. The molecule has 0 bridgehead atoms. The molecule has 12 heavy (non-hydrogen) atoms. The van der Waals surface area contributed by atoms with Crippen LogP contribution in [0, 0.1) is 0 Å². The van der Waals surface area contributed by atoms with Gasteiger partial charge in [0.15, 0.2) is 0 Å². The van der Waals surface area contributed by atoms with Crippen molar-refractivity contribution in [1.29, 1.82) is 0 Å². The van der Waals surface area contributed by atoms with Crippen molar-refractivity contribution in [3.63, 3.8) is 0 Å². The average molecular weight is 183 g/mol. The Morgan fingerprint density at radius 2 is 2.42 bits per heavy atom. The second-order valence-corrected chi connectivity index (χ2v) is 2.87. The van der Waals surface area contributed by atoms with Gasteiger partial charge in [-0.05, 0) is 12.1 Å². The summed E-state index contributed by atoms with van der Waals surface area (Å²) in [5, 5.41) is 10.1. The van der Waals surface area contributed by atoms with Crippen LogP contribution >= 0.6 is 11.6 Å². The highest BCUT2D eigenvalue weighted by Gasteiger charge is 2.02. The van der Waals surface area contributed by atoms with Crippen molar-refractivity contribution in [2.24, 2.45) is 0 Å². The molecule has 0 aromatic carbocycles. The molecule has 0 saturated heterocycles. The maximum atomic E-state index is 8.83. The molecule has 0 unspecified atom stereocenters. The van der Waals surface area contributed by atoms with Gasteiger partial charge in [-0.2, -0.15) is 0 Å². The lowest BCUT2D eigenvalue weighted by Gasteiger charge is -1.89. The summed E-state index contributed by atoms with van der Waals surface area (Å²) in [5.74, 6) is 0. The van der Waals surface area contributed by atoms with E-state index in [9.17, 15) is 0 Å². The van der Waals surface area contributed by atoms with Crippen molar-refractivity contribution < 1.29 is 5.11 Å². The van der Waals surface area contributed by atoms with Gasteiger partial charge in [0, 0.05) is 17.3 Å². The van der Waals surface area contributed by atoms with Crippen molar-refractivity contribution in [3.05, 3.63) is 29.2 Å². The van der Waals surface area contributed by atoms with Gasteiger partial charge in [0.25, 0.3) is 0 Å². The van der Waals surface area contributed by atoms with Crippen LogP contribution in [0.15, 0.2) is 18.3 Å². The molecule has 3 nitrogen and oxygen atoms in total. The van der Waals surface area contributed by atoms with Crippen LogP contribution in [0.1, 0.15) is 5.69 Å². The van der Waals surface area contributed by atoms with E-state index in [1.165, 1.54) is 0 Å². The topological polar surface area (TPSA) is 48.9 Å². The second kappa shape index (κ2) is 2.77. The molecule has 0 radical (unpaired) electrons. The van der Waals surface area contributed by atoms with E-state index in [0.29, 0.717) is 5.15 Å². The summed E-state index contributed by atoms with van der Waals surface area (Å²) in [7, 11) is 0. The smallest absolute Gasteiger partial charge is 0.138 e.